The number of anilines is 1. The van der Waals surface area contributed by atoms with Crippen molar-refractivity contribution in [2.24, 2.45) is 0 Å². The Bertz CT molecular complexity index is 478. The first-order chi connectivity index (χ1) is 8.19. The molecule has 1 atom stereocenters. The Hall–Kier alpha value is -1.39. The van der Waals surface area contributed by atoms with E-state index in [0.717, 1.165) is 16.4 Å². The molecule has 2 aromatic rings. The van der Waals surface area contributed by atoms with Crippen molar-refractivity contribution >= 4 is 17.0 Å². The predicted molar refractivity (Wildman–Crippen MR) is 71.5 cm³/mol. The Kier molecular flexibility index (Phi) is 3.76. The fraction of sp³-hybridized carbons (Fsp3) is 0.308. The van der Waals surface area contributed by atoms with Gasteiger partial charge in [-0.2, -0.15) is 0 Å². The summed E-state index contributed by atoms with van der Waals surface area (Å²) < 4.78 is 0. The smallest absolute Gasteiger partial charge is 0.0926 e. The van der Waals surface area contributed by atoms with Crippen molar-refractivity contribution in [3.8, 4) is 0 Å². The Morgan fingerprint density at radius 3 is 2.53 bits per heavy atom. The molecule has 1 unspecified atom stereocenters. The molecule has 1 aromatic carbocycles. The van der Waals surface area contributed by atoms with Gasteiger partial charge in [0.05, 0.1) is 23.4 Å². The molecule has 0 spiro atoms. The van der Waals surface area contributed by atoms with Crippen molar-refractivity contribution in [2.75, 3.05) is 11.9 Å². The summed E-state index contributed by atoms with van der Waals surface area (Å²) in [6, 6.07) is 7.98. The lowest BCUT2D eigenvalue weighted by molar-refractivity contribution is 0.274. The molecule has 2 rings (SSSR count). The van der Waals surface area contributed by atoms with Crippen LogP contribution >= 0.6 is 11.3 Å². The number of nitrogens with zero attached hydrogens (tertiary/aromatic N) is 1. The zero-order chi connectivity index (χ0) is 12.3. The molecule has 0 saturated heterocycles. The van der Waals surface area contributed by atoms with Crippen molar-refractivity contribution < 1.29 is 5.11 Å². The Morgan fingerprint density at radius 2 is 2.00 bits per heavy atom. The third-order valence-corrected chi connectivity index (χ3v) is 3.36. The van der Waals surface area contributed by atoms with E-state index in [4.69, 9.17) is 0 Å². The SMILES string of the molecule is Cc1ccc(NC(CO)c2csc(C)n2)cc1. The van der Waals surface area contributed by atoms with Crippen LogP contribution in [0.4, 0.5) is 5.69 Å². The van der Waals surface area contributed by atoms with Crippen molar-refractivity contribution in [2.45, 2.75) is 19.9 Å². The summed E-state index contributed by atoms with van der Waals surface area (Å²) in [4.78, 5) is 4.39. The molecule has 0 amide bonds. The summed E-state index contributed by atoms with van der Waals surface area (Å²) in [5.41, 5.74) is 3.12. The number of hydrogen-bond acceptors (Lipinski definition) is 4. The normalized spacial score (nSPS) is 12.4. The van der Waals surface area contributed by atoms with Gasteiger partial charge in [-0.1, -0.05) is 17.7 Å². The minimum absolute atomic E-state index is 0.0387. The number of benzene rings is 1. The molecule has 0 fully saturated rings. The first-order valence-corrected chi connectivity index (χ1v) is 6.43. The van der Waals surface area contributed by atoms with E-state index in [-0.39, 0.29) is 12.6 Å². The highest BCUT2D eigenvalue weighted by molar-refractivity contribution is 7.09. The summed E-state index contributed by atoms with van der Waals surface area (Å²) in [5.74, 6) is 0. The Morgan fingerprint density at radius 1 is 1.29 bits per heavy atom. The highest BCUT2D eigenvalue weighted by atomic mass is 32.1. The largest absolute Gasteiger partial charge is 0.394 e. The molecule has 0 radical (unpaired) electrons. The molecule has 0 aliphatic carbocycles. The monoisotopic (exact) mass is 248 g/mol. The lowest BCUT2D eigenvalue weighted by Crippen LogP contribution is -2.15. The Balaban J connectivity index is 2.12. The summed E-state index contributed by atoms with van der Waals surface area (Å²) in [5, 5.41) is 15.7. The van der Waals surface area contributed by atoms with Gasteiger partial charge in [-0.25, -0.2) is 4.98 Å². The maximum atomic E-state index is 9.41. The van der Waals surface area contributed by atoms with Gasteiger partial charge in [0.2, 0.25) is 0 Å². The van der Waals surface area contributed by atoms with E-state index in [1.54, 1.807) is 11.3 Å². The third kappa shape index (κ3) is 3.05. The maximum absolute atomic E-state index is 9.41. The van der Waals surface area contributed by atoms with Gasteiger partial charge in [0.15, 0.2) is 0 Å². The number of aromatic nitrogens is 1. The third-order valence-electron chi connectivity index (χ3n) is 2.57. The van der Waals surface area contributed by atoms with E-state index >= 15 is 0 Å². The first kappa shape index (κ1) is 12.1. The van der Waals surface area contributed by atoms with Gasteiger partial charge in [-0.15, -0.1) is 11.3 Å². The standard InChI is InChI=1S/C13H16N2OS/c1-9-3-5-11(6-4-9)15-12(7-16)13-8-17-10(2)14-13/h3-6,8,12,15-16H,7H2,1-2H3. The van der Waals surface area contributed by atoms with E-state index in [0.29, 0.717) is 0 Å². The summed E-state index contributed by atoms with van der Waals surface area (Å²) in [6.07, 6.45) is 0. The van der Waals surface area contributed by atoms with Crippen LogP contribution in [0, 0.1) is 13.8 Å². The molecule has 1 heterocycles. The van der Waals surface area contributed by atoms with Gasteiger partial charge in [-0.05, 0) is 26.0 Å². The minimum Gasteiger partial charge on any atom is -0.394 e. The number of aliphatic hydroxyl groups excluding tert-OH is 1. The van der Waals surface area contributed by atoms with Crippen LogP contribution in [0.25, 0.3) is 0 Å². The van der Waals surface area contributed by atoms with E-state index < -0.39 is 0 Å². The number of nitrogens with one attached hydrogen (secondary N) is 1. The second-order valence-corrected chi connectivity index (χ2v) is 5.10. The lowest BCUT2D eigenvalue weighted by Gasteiger charge is -2.15. The molecular weight excluding hydrogens is 232 g/mol. The quantitative estimate of drug-likeness (QED) is 0.874. The number of hydrogen-bond donors (Lipinski definition) is 2. The summed E-state index contributed by atoms with van der Waals surface area (Å²) >= 11 is 1.60. The van der Waals surface area contributed by atoms with E-state index in [2.05, 4.69) is 17.2 Å². The van der Waals surface area contributed by atoms with Gasteiger partial charge in [-0.3, -0.25) is 0 Å². The van der Waals surface area contributed by atoms with Crippen LogP contribution in [0.1, 0.15) is 22.3 Å². The highest BCUT2D eigenvalue weighted by Gasteiger charge is 2.12. The summed E-state index contributed by atoms with van der Waals surface area (Å²) in [6.45, 7) is 4.06. The average Bonchev–Trinajstić information content (AvgIpc) is 2.75. The van der Waals surface area contributed by atoms with Gasteiger partial charge in [0, 0.05) is 11.1 Å². The second-order valence-electron chi connectivity index (χ2n) is 4.04. The fourth-order valence-corrected chi connectivity index (χ4v) is 2.27. The molecule has 4 heteroatoms. The Labute approximate surface area is 105 Å². The zero-order valence-corrected chi connectivity index (χ0v) is 10.8. The molecule has 17 heavy (non-hydrogen) atoms. The van der Waals surface area contributed by atoms with Crippen LogP contribution in [0.15, 0.2) is 29.6 Å². The molecule has 90 valence electrons. The number of aryl methyl sites for hydroxylation is 2. The van der Waals surface area contributed by atoms with Crippen molar-refractivity contribution in [1.82, 2.24) is 4.98 Å². The van der Waals surface area contributed by atoms with Crippen LogP contribution in [-0.4, -0.2) is 16.7 Å². The molecule has 0 aliphatic heterocycles. The highest BCUT2D eigenvalue weighted by Crippen LogP contribution is 2.21. The summed E-state index contributed by atoms with van der Waals surface area (Å²) in [7, 11) is 0. The van der Waals surface area contributed by atoms with Crippen LogP contribution in [0.2, 0.25) is 0 Å². The zero-order valence-electron chi connectivity index (χ0n) is 9.97. The molecule has 3 nitrogen and oxygen atoms in total. The molecular formula is C13H16N2OS. The average molecular weight is 248 g/mol. The first-order valence-electron chi connectivity index (χ1n) is 5.55. The molecule has 0 bridgehead atoms. The molecule has 2 N–H and O–H groups in total. The molecule has 1 aromatic heterocycles. The minimum atomic E-state index is -0.136. The predicted octanol–water partition coefficient (Wildman–Crippen LogP) is 2.91. The van der Waals surface area contributed by atoms with E-state index in [1.807, 2.05) is 36.6 Å². The van der Waals surface area contributed by atoms with Gasteiger partial charge >= 0.3 is 0 Å². The van der Waals surface area contributed by atoms with E-state index in [1.165, 1.54) is 5.56 Å². The van der Waals surface area contributed by atoms with Crippen molar-refractivity contribution in [3.05, 3.63) is 45.9 Å². The molecule has 0 saturated carbocycles. The van der Waals surface area contributed by atoms with Crippen LogP contribution in [-0.2, 0) is 0 Å². The van der Waals surface area contributed by atoms with Crippen LogP contribution < -0.4 is 5.32 Å². The van der Waals surface area contributed by atoms with Gasteiger partial charge in [0.1, 0.15) is 0 Å². The van der Waals surface area contributed by atoms with Crippen LogP contribution in [0.3, 0.4) is 0 Å². The number of rotatable bonds is 4. The van der Waals surface area contributed by atoms with Crippen molar-refractivity contribution in [3.63, 3.8) is 0 Å². The van der Waals surface area contributed by atoms with E-state index in [9.17, 15) is 5.11 Å². The number of thiazole rings is 1. The molecule has 0 aliphatic rings. The van der Waals surface area contributed by atoms with Crippen LogP contribution in [0.5, 0.6) is 0 Å². The topological polar surface area (TPSA) is 45.1 Å². The van der Waals surface area contributed by atoms with Gasteiger partial charge < -0.3 is 10.4 Å². The number of aliphatic hydroxyl groups is 1. The lowest BCUT2D eigenvalue weighted by atomic mass is 10.2. The maximum Gasteiger partial charge on any atom is 0.0926 e. The van der Waals surface area contributed by atoms with Crippen molar-refractivity contribution in [1.29, 1.82) is 0 Å². The van der Waals surface area contributed by atoms with Gasteiger partial charge in [0.25, 0.3) is 0 Å². The fourth-order valence-electron chi connectivity index (χ4n) is 1.60. The second kappa shape index (κ2) is 5.29.